The average molecular weight is 940 g/mol. The number of rotatable bonds is 5. The zero-order valence-corrected chi connectivity index (χ0v) is 36.0. The number of hydrogen-bond acceptors (Lipinski definition) is 4. The topological polar surface area (TPSA) is 51.8 Å². The van der Waals surface area contributed by atoms with Crippen molar-refractivity contribution < 1.29 is 24.5 Å². The van der Waals surface area contributed by atoms with Gasteiger partial charge in [0.2, 0.25) is 5.71 Å². The van der Waals surface area contributed by atoms with E-state index in [1.807, 2.05) is 49.6 Å². The summed E-state index contributed by atoms with van der Waals surface area (Å²) in [5, 5.41) is 4.48. The Kier molecular flexibility index (Phi) is 11.2. The van der Waals surface area contributed by atoms with Crippen LogP contribution in [0.15, 0.2) is 162 Å². The van der Waals surface area contributed by atoms with Crippen LogP contribution in [0.2, 0.25) is 0 Å². The minimum Gasteiger partial charge on any atom is -0.486 e. The molecule has 0 bridgehead atoms. The smallest absolute Gasteiger partial charge is 0.216 e. The molecule has 6 aromatic carbocycles. The van der Waals surface area contributed by atoms with E-state index in [4.69, 9.17) is 9.40 Å². The number of hydrogen-bond donors (Lipinski definition) is 0. The van der Waals surface area contributed by atoms with Crippen LogP contribution < -0.4 is 0 Å². The van der Waals surface area contributed by atoms with Gasteiger partial charge in [-0.2, -0.15) is 0 Å². The largest absolute Gasteiger partial charge is 0.486 e. The van der Waals surface area contributed by atoms with Crippen molar-refractivity contribution in [3.63, 3.8) is 0 Å². The van der Waals surface area contributed by atoms with Gasteiger partial charge in [-0.15, -0.1) is 47.5 Å². The number of aryl methyl sites for hydroxylation is 5. The molecule has 0 aliphatic rings. The Balaban J connectivity index is 0.000000188. The number of furan rings is 1. The van der Waals surface area contributed by atoms with Gasteiger partial charge in [0, 0.05) is 43.6 Å². The summed E-state index contributed by atoms with van der Waals surface area (Å²) < 4.78 is 6.21. The Hall–Kier alpha value is -6.52. The SMILES string of the molecule is Cc1ccc2c(n1)oc1c(-c3cc(-c4cc5ccc(-c6ccccc6)cc5cc4C)ccn3)[c-]ccc12.Cc1cnc(-c2[c-]cc(C)c(-c3ccccc3)c2)cc1C.[Ir]. The Bertz CT molecular complexity index is 3120. The van der Waals surface area contributed by atoms with Crippen molar-refractivity contribution in [1.82, 2.24) is 15.0 Å². The normalized spacial score (nSPS) is 11.0. The first-order valence-corrected chi connectivity index (χ1v) is 19.6. The molecule has 5 heteroatoms. The summed E-state index contributed by atoms with van der Waals surface area (Å²) in [5.74, 6) is 0. The molecule has 0 saturated carbocycles. The molecule has 4 aromatic heterocycles. The van der Waals surface area contributed by atoms with E-state index in [9.17, 15) is 0 Å². The summed E-state index contributed by atoms with van der Waals surface area (Å²) in [7, 11) is 0. The summed E-state index contributed by atoms with van der Waals surface area (Å²) in [6.07, 6.45) is 3.80. The van der Waals surface area contributed by atoms with Gasteiger partial charge in [-0.25, -0.2) is 4.98 Å². The van der Waals surface area contributed by atoms with Gasteiger partial charge < -0.3 is 14.4 Å². The average Bonchev–Trinajstić information content (AvgIpc) is 3.63. The molecule has 0 N–H and O–H groups in total. The molecule has 0 amide bonds. The van der Waals surface area contributed by atoms with Crippen LogP contribution in [0.3, 0.4) is 0 Å². The van der Waals surface area contributed by atoms with Crippen molar-refractivity contribution in [3.8, 4) is 55.9 Å². The van der Waals surface area contributed by atoms with Crippen LogP contribution in [0.4, 0.5) is 0 Å². The second-order valence-corrected chi connectivity index (χ2v) is 15.0. The number of fused-ring (bicyclic) bond motifs is 4. The first kappa shape index (κ1) is 39.3. The van der Waals surface area contributed by atoms with Gasteiger partial charge >= 0.3 is 0 Å². The van der Waals surface area contributed by atoms with Crippen LogP contribution in [0, 0.1) is 46.8 Å². The van der Waals surface area contributed by atoms with Crippen LogP contribution in [0.1, 0.15) is 27.9 Å². The molecule has 0 unspecified atom stereocenters. The van der Waals surface area contributed by atoms with Gasteiger partial charge in [0.05, 0.1) is 5.58 Å². The van der Waals surface area contributed by atoms with Crippen LogP contribution in [0.5, 0.6) is 0 Å². The molecule has 59 heavy (non-hydrogen) atoms. The Morgan fingerprint density at radius 1 is 0.508 bits per heavy atom. The van der Waals surface area contributed by atoms with E-state index < -0.39 is 0 Å². The molecule has 10 aromatic rings. The van der Waals surface area contributed by atoms with Crippen molar-refractivity contribution in [2.24, 2.45) is 0 Å². The molecule has 4 nitrogen and oxygen atoms in total. The summed E-state index contributed by atoms with van der Waals surface area (Å²) in [6, 6.07) is 57.5. The molecule has 0 saturated heterocycles. The first-order chi connectivity index (χ1) is 28.3. The third-order valence-corrected chi connectivity index (χ3v) is 10.9. The maximum absolute atomic E-state index is 6.21. The molecule has 1 radical (unpaired) electrons. The minimum absolute atomic E-state index is 0. The predicted molar refractivity (Wildman–Crippen MR) is 240 cm³/mol. The van der Waals surface area contributed by atoms with Crippen LogP contribution in [0.25, 0.3) is 88.7 Å². The predicted octanol–water partition coefficient (Wildman–Crippen LogP) is 14.1. The summed E-state index contributed by atoms with van der Waals surface area (Å²) >= 11 is 0. The Labute approximate surface area is 359 Å². The van der Waals surface area contributed by atoms with Crippen LogP contribution >= 0.6 is 0 Å². The molecule has 4 heterocycles. The number of nitrogens with zero attached hydrogens (tertiary/aromatic N) is 3. The van der Waals surface area contributed by atoms with E-state index in [-0.39, 0.29) is 20.1 Å². The number of pyridine rings is 3. The maximum Gasteiger partial charge on any atom is 0.216 e. The molecule has 289 valence electrons. The van der Waals surface area contributed by atoms with Crippen molar-refractivity contribution >= 4 is 32.8 Å². The summed E-state index contributed by atoms with van der Waals surface area (Å²) in [6.45, 7) is 10.5. The summed E-state index contributed by atoms with van der Waals surface area (Å²) in [5.41, 5.74) is 18.2. The standard InChI is InChI=1S/C34H23N2O.C20H18N.Ir/c1-21-17-27-18-24(23-7-4-3-5-8-23)12-13-25(27)19-31(21)26-15-16-35-32(20-26)30-10-6-9-28-29-14-11-22(2)36-34(29)37-33(28)30;1-14-9-10-18(20-11-15(2)16(3)13-21-20)12-19(14)17-7-5-4-6-8-17;/h3-9,11-20H,1-2H3;4-9,11-13H,1-3H3;/q2*-1;. The van der Waals surface area contributed by atoms with E-state index in [2.05, 4.69) is 165 Å². The third kappa shape index (κ3) is 8.00. The van der Waals surface area contributed by atoms with Gasteiger partial charge in [-0.1, -0.05) is 120 Å². The molecule has 0 atom stereocenters. The van der Waals surface area contributed by atoms with Crippen molar-refractivity contribution in [2.45, 2.75) is 34.6 Å². The van der Waals surface area contributed by atoms with E-state index >= 15 is 0 Å². The Morgan fingerprint density at radius 3 is 2.05 bits per heavy atom. The molecule has 10 rings (SSSR count). The summed E-state index contributed by atoms with van der Waals surface area (Å²) in [4.78, 5) is 13.8. The van der Waals surface area contributed by atoms with E-state index in [0.717, 1.165) is 50.1 Å². The van der Waals surface area contributed by atoms with Gasteiger partial charge in [0.1, 0.15) is 0 Å². The molecule has 0 aliphatic carbocycles. The van der Waals surface area contributed by atoms with E-state index in [0.29, 0.717) is 5.71 Å². The Morgan fingerprint density at radius 2 is 1.27 bits per heavy atom. The van der Waals surface area contributed by atoms with E-state index in [1.54, 1.807) is 0 Å². The monoisotopic (exact) mass is 940 g/mol. The molecule has 0 spiro atoms. The second kappa shape index (κ2) is 16.8. The molecular formula is C54H41IrN3O-2. The van der Waals surface area contributed by atoms with Crippen molar-refractivity contribution in [2.75, 3.05) is 0 Å². The molecule has 0 aliphatic heterocycles. The number of benzene rings is 6. The van der Waals surface area contributed by atoms with Gasteiger partial charge in [-0.05, 0) is 119 Å². The zero-order valence-electron chi connectivity index (χ0n) is 33.6. The van der Waals surface area contributed by atoms with E-state index in [1.165, 1.54) is 60.8 Å². The first-order valence-electron chi connectivity index (χ1n) is 19.6. The molecule has 0 fully saturated rings. The van der Waals surface area contributed by atoms with Crippen LogP contribution in [-0.4, -0.2) is 15.0 Å². The zero-order chi connectivity index (χ0) is 39.8. The fraction of sp³-hybridized carbons (Fsp3) is 0.0926. The maximum atomic E-state index is 6.21. The quantitative estimate of drug-likeness (QED) is 0.161. The van der Waals surface area contributed by atoms with Gasteiger partial charge in [-0.3, -0.25) is 0 Å². The van der Waals surface area contributed by atoms with Crippen molar-refractivity contribution in [3.05, 3.63) is 198 Å². The molecular weight excluding hydrogens is 899 g/mol. The minimum atomic E-state index is 0. The third-order valence-electron chi connectivity index (χ3n) is 10.9. The van der Waals surface area contributed by atoms with Crippen LogP contribution in [-0.2, 0) is 20.1 Å². The fourth-order valence-corrected chi connectivity index (χ4v) is 7.58. The van der Waals surface area contributed by atoms with Gasteiger partial charge in [0.25, 0.3) is 0 Å². The van der Waals surface area contributed by atoms with Gasteiger partial charge in [0.15, 0.2) is 0 Å². The number of aromatic nitrogens is 3. The van der Waals surface area contributed by atoms with Crippen molar-refractivity contribution in [1.29, 1.82) is 0 Å². The second-order valence-electron chi connectivity index (χ2n) is 15.0. The fourth-order valence-electron chi connectivity index (χ4n) is 7.58.